The van der Waals surface area contributed by atoms with E-state index in [1.54, 1.807) is 12.1 Å². The van der Waals surface area contributed by atoms with Gasteiger partial charge in [-0.3, -0.25) is 9.69 Å². The second-order valence-electron chi connectivity index (χ2n) is 7.43. The molecule has 1 amide bonds. The van der Waals surface area contributed by atoms with Crippen LogP contribution in [0.5, 0.6) is 0 Å². The number of carbonyl (C=O) groups excluding carboxylic acids is 1. The first-order valence-corrected chi connectivity index (χ1v) is 11.0. The zero-order valence-corrected chi connectivity index (χ0v) is 18.6. The van der Waals surface area contributed by atoms with Gasteiger partial charge in [0.2, 0.25) is 15.9 Å². The van der Waals surface area contributed by atoms with Crippen molar-refractivity contribution in [1.29, 1.82) is 0 Å². The monoisotopic (exact) mass is 465 g/mol. The van der Waals surface area contributed by atoms with E-state index in [1.165, 1.54) is 10.4 Å². The summed E-state index contributed by atoms with van der Waals surface area (Å²) in [6.07, 6.45) is 0. The molecule has 0 radical (unpaired) electrons. The van der Waals surface area contributed by atoms with Gasteiger partial charge in [0.25, 0.3) is 0 Å². The fraction of sp³-hybridized carbons (Fsp3) is 0.588. The second kappa shape index (κ2) is 8.14. The van der Waals surface area contributed by atoms with E-state index in [2.05, 4.69) is 21.2 Å². The van der Waals surface area contributed by atoms with Crippen LogP contribution in [0.3, 0.4) is 0 Å². The summed E-state index contributed by atoms with van der Waals surface area (Å²) in [6.45, 7) is 9.27. The summed E-state index contributed by atoms with van der Waals surface area (Å²) in [5.41, 5.74) is -0.297. The van der Waals surface area contributed by atoms with Crippen LogP contribution in [-0.4, -0.2) is 61.3 Å². The van der Waals surface area contributed by atoms with Gasteiger partial charge >= 0.3 is 0 Å². The lowest BCUT2D eigenvalue weighted by molar-refractivity contribution is -0.127. The van der Waals surface area contributed by atoms with Crippen molar-refractivity contribution in [2.24, 2.45) is 0 Å². The van der Waals surface area contributed by atoms with E-state index < -0.39 is 10.0 Å². The third kappa shape index (κ3) is 5.19. The lowest BCUT2D eigenvalue weighted by Gasteiger charge is -2.37. The number of rotatable bonds is 4. The highest BCUT2D eigenvalue weighted by Crippen LogP contribution is 2.28. The number of nitrogens with one attached hydrogen (secondary N) is 1. The Morgan fingerprint density at radius 2 is 1.81 bits per heavy atom. The number of amides is 1. The van der Waals surface area contributed by atoms with Gasteiger partial charge in [0, 0.05) is 36.2 Å². The van der Waals surface area contributed by atoms with Crippen molar-refractivity contribution < 1.29 is 13.2 Å². The quantitative estimate of drug-likeness (QED) is 0.741. The molecule has 0 aromatic heterocycles. The molecule has 0 saturated carbocycles. The smallest absolute Gasteiger partial charge is 0.244 e. The molecule has 1 aromatic carbocycles. The summed E-state index contributed by atoms with van der Waals surface area (Å²) in [7, 11) is -3.65. The third-order valence-electron chi connectivity index (χ3n) is 4.21. The lowest BCUT2D eigenvalue weighted by atomic mass is 10.1. The van der Waals surface area contributed by atoms with Crippen LogP contribution in [-0.2, 0) is 14.8 Å². The largest absolute Gasteiger partial charge is 0.350 e. The van der Waals surface area contributed by atoms with Crippen molar-refractivity contribution in [3.05, 3.63) is 27.7 Å². The number of hydrogen-bond donors (Lipinski definition) is 1. The van der Waals surface area contributed by atoms with Crippen molar-refractivity contribution in [3.8, 4) is 0 Å². The Balaban J connectivity index is 2.04. The molecule has 1 unspecified atom stereocenters. The molecule has 146 valence electrons. The van der Waals surface area contributed by atoms with Gasteiger partial charge in [0.1, 0.15) is 4.90 Å². The Morgan fingerprint density at radius 3 is 2.31 bits per heavy atom. The zero-order valence-electron chi connectivity index (χ0n) is 15.4. The first-order valence-electron chi connectivity index (χ1n) is 8.43. The Morgan fingerprint density at radius 1 is 1.23 bits per heavy atom. The van der Waals surface area contributed by atoms with Crippen LogP contribution in [0.1, 0.15) is 27.7 Å². The summed E-state index contributed by atoms with van der Waals surface area (Å²) >= 11 is 9.40. The Kier molecular flexibility index (Phi) is 6.77. The molecule has 2 rings (SSSR count). The molecule has 1 saturated heterocycles. The van der Waals surface area contributed by atoms with Gasteiger partial charge in [-0.15, -0.1) is 0 Å². The van der Waals surface area contributed by atoms with Crippen molar-refractivity contribution >= 4 is 43.5 Å². The number of halogens is 2. The van der Waals surface area contributed by atoms with E-state index in [-0.39, 0.29) is 27.4 Å². The SMILES string of the molecule is CC(C(=O)NC(C)(C)C)N1CCN(S(=O)(=O)c2ccc(Br)cc2Cl)CC1. The maximum atomic E-state index is 12.8. The number of sulfonamides is 1. The van der Waals surface area contributed by atoms with Gasteiger partial charge in [-0.2, -0.15) is 4.31 Å². The highest BCUT2D eigenvalue weighted by Gasteiger charge is 2.33. The first-order chi connectivity index (χ1) is 11.9. The molecule has 6 nitrogen and oxygen atoms in total. The van der Waals surface area contributed by atoms with Gasteiger partial charge < -0.3 is 5.32 Å². The van der Waals surface area contributed by atoms with Crippen LogP contribution >= 0.6 is 27.5 Å². The fourth-order valence-electron chi connectivity index (χ4n) is 2.79. The van der Waals surface area contributed by atoms with Crippen LogP contribution < -0.4 is 5.32 Å². The molecular weight excluding hydrogens is 442 g/mol. The Bertz CT molecular complexity index is 772. The minimum absolute atomic E-state index is 0.0511. The van der Waals surface area contributed by atoms with Crippen LogP contribution in [0, 0.1) is 0 Å². The predicted octanol–water partition coefficient (Wildman–Crippen LogP) is 2.71. The van der Waals surface area contributed by atoms with Gasteiger partial charge in [-0.25, -0.2) is 8.42 Å². The molecule has 1 N–H and O–H groups in total. The molecule has 1 fully saturated rings. The van der Waals surface area contributed by atoms with Crippen molar-refractivity contribution in [2.75, 3.05) is 26.2 Å². The molecular formula is C17H25BrClN3O3S. The molecule has 0 spiro atoms. The first kappa shape index (κ1) is 21.6. The number of benzene rings is 1. The Labute approximate surface area is 169 Å². The summed E-state index contributed by atoms with van der Waals surface area (Å²) in [5, 5.41) is 3.16. The number of nitrogens with zero attached hydrogens (tertiary/aromatic N) is 2. The standard InChI is InChI=1S/C17H25BrClN3O3S/c1-12(16(23)20-17(2,3)4)21-7-9-22(10-8-21)26(24,25)15-6-5-13(18)11-14(15)19/h5-6,11-12H,7-10H2,1-4H3,(H,20,23). The van der Waals surface area contributed by atoms with E-state index in [0.717, 1.165) is 4.47 Å². The van der Waals surface area contributed by atoms with E-state index in [4.69, 9.17) is 11.6 Å². The average Bonchev–Trinajstić information content (AvgIpc) is 2.52. The van der Waals surface area contributed by atoms with Crippen LogP contribution in [0.2, 0.25) is 5.02 Å². The minimum Gasteiger partial charge on any atom is -0.350 e. The highest BCUT2D eigenvalue weighted by atomic mass is 79.9. The molecule has 9 heteroatoms. The summed E-state index contributed by atoms with van der Waals surface area (Å²) in [5.74, 6) is -0.0511. The zero-order chi connectivity index (χ0) is 19.7. The molecule has 1 aliphatic heterocycles. The summed E-state index contributed by atoms with van der Waals surface area (Å²) in [6, 6.07) is 4.43. The average molecular weight is 467 g/mol. The highest BCUT2D eigenvalue weighted by molar-refractivity contribution is 9.10. The van der Waals surface area contributed by atoms with Gasteiger partial charge in [0.05, 0.1) is 11.1 Å². The van der Waals surface area contributed by atoms with E-state index in [9.17, 15) is 13.2 Å². The van der Waals surface area contributed by atoms with Gasteiger partial charge in [-0.1, -0.05) is 27.5 Å². The molecule has 0 bridgehead atoms. The topological polar surface area (TPSA) is 69.7 Å². The van der Waals surface area contributed by atoms with E-state index >= 15 is 0 Å². The van der Waals surface area contributed by atoms with Crippen molar-refractivity contribution in [3.63, 3.8) is 0 Å². The van der Waals surface area contributed by atoms with Crippen LogP contribution in [0.25, 0.3) is 0 Å². The maximum absolute atomic E-state index is 12.8. The maximum Gasteiger partial charge on any atom is 0.244 e. The summed E-state index contributed by atoms with van der Waals surface area (Å²) in [4.78, 5) is 14.4. The molecule has 1 aliphatic rings. The minimum atomic E-state index is -3.65. The van der Waals surface area contributed by atoms with Gasteiger partial charge in [0.15, 0.2) is 0 Å². The number of carbonyl (C=O) groups is 1. The predicted molar refractivity (Wildman–Crippen MR) is 107 cm³/mol. The molecule has 26 heavy (non-hydrogen) atoms. The molecule has 1 heterocycles. The summed E-state index contributed by atoms with van der Waals surface area (Å²) < 4.78 is 27.8. The van der Waals surface area contributed by atoms with Gasteiger partial charge in [-0.05, 0) is 45.9 Å². The Hall–Kier alpha value is -0.670. The van der Waals surface area contributed by atoms with Crippen molar-refractivity contribution in [1.82, 2.24) is 14.5 Å². The lowest BCUT2D eigenvalue weighted by Crippen LogP contribution is -2.56. The van der Waals surface area contributed by atoms with Crippen LogP contribution in [0.4, 0.5) is 0 Å². The second-order valence-corrected chi connectivity index (χ2v) is 10.7. The third-order valence-corrected chi connectivity index (χ3v) is 7.09. The number of hydrogen-bond acceptors (Lipinski definition) is 4. The number of piperazine rings is 1. The van der Waals surface area contributed by atoms with E-state index in [0.29, 0.717) is 26.2 Å². The normalized spacial score (nSPS) is 18.5. The van der Waals surface area contributed by atoms with Crippen molar-refractivity contribution in [2.45, 2.75) is 44.2 Å². The van der Waals surface area contributed by atoms with Crippen LogP contribution in [0.15, 0.2) is 27.6 Å². The fourth-order valence-corrected chi connectivity index (χ4v) is 5.23. The molecule has 1 atom stereocenters. The van der Waals surface area contributed by atoms with E-state index in [1.807, 2.05) is 32.6 Å². The molecule has 1 aromatic rings. The molecule has 0 aliphatic carbocycles.